The highest BCUT2D eigenvalue weighted by molar-refractivity contribution is 7.92. The van der Waals surface area contributed by atoms with Crippen LogP contribution in [0.1, 0.15) is 25.7 Å². The van der Waals surface area contributed by atoms with Gasteiger partial charge >= 0.3 is 0 Å². The number of sulfonamides is 2. The van der Waals surface area contributed by atoms with Crippen molar-refractivity contribution < 1.29 is 31.1 Å². The van der Waals surface area contributed by atoms with Gasteiger partial charge in [0.05, 0.1) is 30.5 Å². The number of ether oxygens (including phenoxy) is 2. The van der Waals surface area contributed by atoms with Crippen molar-refractivity contribution in [2.24, 2.45) is 0 Å². The molecule has 0 unspecified atom stereocenters. The van der Waals surface area contributed by atoms with Gasteiger partial charge in [-0.1, -0.05) is 12.1 Å². The average molecular weight is 540 g/mol. The van der Waals surface area contributed by atoms with Crippen LogP contribution in [0.2, 0.25) is 0 Å². The number of hydrogen-bond acceptors (Lipinski definition) is 7. The van der Waals surface area contributed by atoms with Crippen LogP contribution >= 0.6 is 0 Å². The minimum absolute atomic E-state index is 0.135. The van der Waals surface area contributed by atoms with Gasteiger partial charge < -0.3 is 14.8 Å². The Balaban J connectivity index is 1.41. The predicted molar refractivity (Wildman–Crippen MR) is 137 cm³/mol. The summed E-state index contributed by atoms with van der Waals surface area (Å²) in [5.74, 6) is 0.718. The summed E-state index contributed by atoms with van der Waals surface area (Å²) in [4.78, 5) is 12.4. The Morgan fingerprint density at radius 3 is 2.33 bits per heavy atom. The Hall–Kier alpha value is -2.83. The highest BCUT2D eigenvalue weighted by Crippen LogP contribution is 2.29. The lowest BCUT2D eigenvalue weighted by molar-refractivity contribution is -0.121. The molecule has 2 aromatic rings. The number of rotatable bonds is 13. The van der Waals surface area contributed by atoms with E-state index in [9.17, 15) is 21.6 Å². The lowest BCUT2D eigenvalue weighted by Gasteiger charge is -2.24. The summed E-state index contributed by atoms with van der Waals surface area (Å²) in [5.41, 5.74) is 0.426. The van der Waals surface area contributed by atoms with Crippen molar-refractivity contribution in [1.29, 1.82) is 0 Å². The average Bonchev–Trinajstić information content (AvgIpc) is 3.40. The molecule has 12 heteroatoms. The number of benzene rings is 2. The molecule has 36 heavy (non-hydrogen) atoms. The molecule has 1 amide bonds. The molecule has 0 bridgehead atoms. The number of anilines is 1. The van der Waals surface area contributed by atoms with Crippen molar-refractivity contribution >= 4 is 31.6 Å². The second-order valence-corrected chi connectivity index (χ2v) is 12.2. The number of nitrogens with zero attached hydrogens (tertiary/aromatic N) is 2. The molecule has 10 nitrogen and oxygen atoms in total. The van der Waals surface area contributed by atoms with Crippen molar-refractivity contribution in [1.82, 2.24) is 9.62 Å². The summed E-state index contributed by atoms with van der Waals surface area (Å²) >= 11 is 0. The van der Waals surface area contributed by atoms with Gasteiger partial charge in [-0.2, -0.15) is 4.31 Å². The van der Waals surface area contributed by atoms with Crippen molar-refractivity contribution in [3.05, 3.63) is 48.5 Å². The maximum atomic E-state index is 12.6. The number of para-hydroxylation sites is 2. The fraction of sp³-hybridized carbons (Fsp3) is 0.458. The number of methoxy groups -OCH3 is 1. The summed E-state index contributed by atoms with van der Waals surface area (Å²) in [5, 5.41) is 2.74. The number of nitrogens with one attached hydrogen (secondary N) is 1. The molecule has 2 aromatic carbocycles. The van der Waals surface area contributed by atoms with Crippen LogP contribution in [0.25, 0.3) is 0 Å². The molecule has 3 rings (SSSR count). The first kappa shape index (κ1) is 27.8. The van der Waals surface area contributed by atoms with E-state index in [-0.39, 0.29) is 36.9 Å². The van der Waals surface area contributed by atoms with E-state index in [4.69, 9.17) is 9.47 Å². The maximum Gasteiger partial charge on any atom is 0.243 e. The maximum absolute atomic E-state index is 12.6. The molecule has 0 atom stereocenters. The fourth-order valence-electron chi connectivity index (χ4n) is 3.92. The van der Waals surface area contributed by atoms with Crippen LogP contribution in [0.15, 0.2) is 53.4 Å². The molecule has 0 radical (unpaired) electrons. The molecule has 1 saturated heterocycles. The fourth-order valence-corrected chi connectivity index (χ4v) is 6.40. The van der Waals surface area contributed by atoms with Crippen molar-refractivity contribution in [2.45, 2.75) is 30.6 Å². The quantitative estimate of drug-likeness (QED) is 0.387. The summed E-state index contributed by atoms with van der Waals surface area (Å²) in [6.45, 7) is 1.70. The van der Waals surface area contributed by atoms with Gasteiger partial charge in [-0.15, -0.1) is 0 Å². The van der Waals surface area contributed by atoms with E-state index in [1.54, 1.807) is 36.4 Å². The molecule has 1 aliphatic rings. The molecule has 1 aliphatic heterocycles. The molecular weight excluding hydrogens is 506 g/mol. The molecule has 0 saturated carbocycles. The molecule has 0 aliphatic carbocycles. The lowest BCUT2D eigenvalue weighted by atomic mass is 10.2. The summed E-state index contributed by atoms with van der Waals surface area (Å²) in [7, 11) is -5.55. The van der Waals surface area contributed by atoms with E-state index in [2.05, 4.69) is 5.32 Å². The second kappa shape index (κ2) is 12.4. The minimum Gasteiger partial charge on any atom is -0.495 e. The van der Waals surface area contributed by atoms with E-state index in [1.807, 2.05) is 0 Å². The van der Waals surface area contributed by atoms with E-state index in [0.717, 1.165) is 19.1 Å². The Kier molecular flexibility index (Phi) is 9.57. The monoisotopic (exact) mass is 539 g/mol. The highest BCUT2D eigenvalue weighted by Gasteiger charge is 2.27. The van der Waals surface area contributed by atoms with Gasteiger partial charge in [-0.05, 0) is 55.7 Å². The van der Waals surface area contributed by atoms with Gasteiger partial charge in [0.15, 0.2) is 0 Å². The summed E-state index contributed by atoms with van der Waals surface area (Å²) in [6.07, 6.45) is 3.34. The van der Waals surface area contributed by atoms with Gasteiger partial charge in [-0.3, -0.25) is 9.10 Å². The topological polar surface area (TPSA) is 122 Å². The lowest BCUT2D eigenvalue weighted by Crippen LogP contribution is -2.33. The van der Waals surface area contributed by atoms with Crippen LogP contribution in [0.5, 0.6) is 11.5 Å². The van der Waals surface area contributed by atoms with Crippen LogP contribution < -0.4 is 19.1 Å². The number of amides is 1. The third kappa shape index (κ3) is 7.34. The standard InChI is InChI=1S/C24H33N3O7S2/c1-33-23-9-4-3-8-22(23)27(35(2,29)30)18-7-10-24(28)25-15-19-34-20-11-13-21(14-12-20)36(31,32)26-16-5-6-17-26/h3-4,8-9,11-14H,5-7,10,15-19H2,1-2H3,(H,25,28). The Bertz CT molecular complexity index is 1230. The number of hydrogen-bond donors (Lipinski definition) is 1. The zero-order chi connectivity index (χ0) is 26.2. The van der Waals surface area contributed by atoms with Crippen LogP contribution in [0.4, 0.5) is 5.69 Å². The SMILES string of the molecule is COc1ccccc1N(CCCC(=O)NCCOc1ccc(S(=O)(=O)N2CCCC2)cc1)S(C)(=O)=O. The van der Waals surface area contributed by atoms with Crippen LogP contribution in [0.3, 0.4) is 0 Å². The smallest absolute Gasteiger partial charge is 0.243 e. The van der Waals surface area contributed by atoms with Gasteiger partial charge in [0, 0.05) is 26.1 Å². The highest BCUT2D eigenvalue weighted by atomic mass is 32.2. The number of carbonyl (C=O) groups excluding carboxylic acids is 1. The zero-order valence-electron chi connectivity index (χ0n) is 20.6. The van der Waals surface area contributed by atoms with E-state index >= 15 is 0 Å². The van der Waals surface area contributed by atoms with Gasteiger partial charge in [0.2, 0.25) is 26.0 Å². The van der Waals surface area contributed by atoms with Crippen molar-refractivity contribution in [3.8, 4) is 11.5 Å². The van der Waals surface area contributed by atoms with Crippen LogP contribution in [-0.2, 0) is 24.8 Å². The molecule has 198 valence electrons. The first-order valence-electron chi connectivity index (χ1n) is 11.7. The molecule has 1 N–H and O–H groups in total. The van der Waals surface area contributed by atoms with Crippen LogP contribution in [0, 0.1) is 0 Å². The van der Waals surface area contributed by atoms with Gasteiger partial charge in [-0.25, -0.2) is 16.8 Å². The molecule has 1 heterocycles. The number of carbonyl (C=O) groups is 1. The van der Waals surface area contributed by atoms with E-state index in [0.29, 0.717) is 36.7 Å². The van der Waals surface area contributed by atoms with Crippen molar-refractivity contribution in [2.75, 3.05) is 50.5 Å². The van der Waals surface area contributed by atoms with Crippen LogP contribution in [-0.4, -0.2) is 73.2 Å². The largest absolute Gasteiger partial charge is 0.495 e. The third-order valence-electron chi connectivity index (χ3n) is 5.74. The van der Waals surface area contributed by atoms with Crippen molar-refractivity contribution in [3.63, 3.8) is 0 Å². The third-order valence-corrected chi connectivity index (χ3v) is 8.83. The molecular formula is C24H33N3O7S2. The molecule has 0 aromatic heterocycles. The van der Waals surface area contributed by atoms with E-state index < -0.39 is 20.0 Å². The predicted octanol–water partition coefficient (Wildman–Crippen LogP) is 2.22. The summed E-state index contributed by atoms with van der Waals surface area (Å²) < 4.78 is 63.3. The Morgan fingerprint density at radius 2 is 1.69 bits per heavy atom. The first-order chi connectivity index (χ1) is 17.1. The second-order valence-electron chi connectivity index (χ2n) is 8.39. The Labute approximate surface area is 213 Å². The molecule has 0 spiro atoms. The van der Waals surface area contributed by atoms with Gasteiger partial charge in [0.25, 0.3) is 0 Å². The Morgan fingerprint density at radius 1 is 1.03 bits per heavy atom. The minimum atomic E-state index is -3.56. The summed E-state index contributed by atoms with van der Waals surface area (Å²) in [6, 6.07) is 13.1. The van der Waals surface area contributed by atoms with E-state index in [1.165, 1.54) is 27.9 Å². The molecule has 1 fully saturated rings. The first-order valence-corrected chi connectivity index (χ1v) is 15.0. The zero-order valence-corrected chi connectivity index (χ0v) is 22.2. The van der Waals surface area contributed by atoms with Gasteiger partial charge in [0.1, 0.15) is 18.1 Å². The normalized spacial score (nSPS) is 14.4.